The Labute approximate surface area is 151 Å². The zero-order valence-electron chi connectivity index (χ0n) is 14.3. The Kier molecular flexibility index (Phi) is 5.65. The van der Waals surface area contributed by atoms with E-state index >= 15 is 0 Å². The van der Waals surface area contributed by atoms with E-state index in [-0.39, 0.29) is 6.42 Å². The average molecular weight is 356 g/mol. The molecule has 0 spiro atoms. The van der Waals surface area contributed by atoms with E-state index in [4.69, 9.17) is 14.2 Å². The third kappa shape index (κ3) is 4.28. The van der Waals surface area contributed by atoms with Crippen LogP contribution in [-0.4, -0.2) is 41.6 Å². The van der Waals surface area contributed by atoms with Gasteiger partial charge in [-0.1, -0.05) is 36.4 Å². The van der Waals surface area contributed by atoms with Crippen molar-refractivity contribution in [1.82, 2.24) is 0 Å². The fourth-order valence-electron chi connectivity index (χ4n) is 2.74. The minimum Gasteiger partial charge on any atom is -0.456 e. The summed E-state index contributed by atoms with van der Waals surface area (Å²) in [7, 11) is 0. The van der Waals surface area contributed by atoms with Crippen LogP contribution in [-0.2, 0) is 14.2 Å². The highest BCUT2D eigenvalue weighted by atomic mass is 16.7. The quantitative estimate of drug-likeness (QED) is 0.848. The summed E-state index contributed by atoms with van der Waals surface area (Å²) >= 11 is 0. The third-order valence-corrected chi connectivity index (χ3v) is 4.20. The number of rotatable bonds is 4. The van der Waals surface area contributed by atoms with Crippen molar-refractivity contribution in [2.75, 3.05) is 0 Å². The number of ether oxygens (including phenoxy) is 3. The van der Waals surface area contributed by atoms with Crippen LogP contribution in [0.25, 0.3) is 0 Å². The first kappa shape index (κ1) is 18.1. The zero-order valence-corrected chi connectivity index (χ0v) is 14.3. The predicted molar refractivity (Wildman–Crippen MR) is 92.5 cm³/mol. The molecule has 1 fully saturated rings. The summed E-state index contributed by atoms with van der Waals surface area (Å²) < 4.78 is 16.2. The van der Waals surface area contributed by atoms with Gasteiger partial charge in [0.25, 0.3) is 0 Å². The molecule has 0 amide bonds. The number of hydrogen-bond acceptors (Lipinski definition) is 6. The Morgan fingerprint density at radius 2 is 1.35 bits per heavy atom. The van der Waals surface area contributed by atoms with Crippen molar-refractivity contribution < 1.29 is 28.9 Å². The number of benzene rings is 2. The topological polar surface area (TPSA) is 82.1 Å². The molecule has 0 saturated carbocycles. The Balaban J connectivity index is 1.65. The normalized spacial score (nSPS) is 25.3. The summed E-state index contributed by atoms with van der Waals surface area (Å²) in [6.07, 6.45) is -3.21. The van der Waals surface area contributed by atoms with Crippen LogP contribution >= 0.6 is 0 Å². The Bertz CT molecular complexity index is 682. The summed E-state index contributed by atoms with van der Waals surface area (Å²) in [4.78, 5) is 24.4. The van der Waals surface area contributed by atoms with Crippen molar-refractivity contribution in [1.29, 1.82) is 0 Å². The van der Waals surface area contributed by atoms with Crippen LogP contribution in [0.5, 0.6) is 0 Å². The lowest BCUT2D eigenvalue weighted by Crippen LogP contribution is -2.49. The second kappa shape index (κ2) is 8.12. The van der Waals surface area contributed by atoms with Crippen LogP contribution in [0.3, 0.4) is 0 Å². The van der Waals surface area contributed by atoms with Crippen LogP contribution in [0.1, 0.15) is 34.1 Å². The van der Waals surface area contributed by atoms with Crippen LogP contribution in [0.4, 0.5) is 0 Å². The van der Waals surface area contributed by atoms with Gasteiger partial charge >= 0.3 is 11.9 Å². The first-order valence-electron chi connectivity index (χ1n) is 8.40. The maximum Gasteiger partial charge on any atom is 0.338 e. The minimum absolute atomic E-state index is 0.152. The fraction of sp³-hybridized carbons (Fsp3) is 0.300. The Hall–Kier alpha value is -2.70. The van der Waals surface area contributed by atoms with Gasteiger partial charge in [0.2, 0.25) is 0 Å². The maximum absolute atomic E-state index is 12.2. The molecule has 136 valence electrons. The molecule has 1 N–H and O–H groups in total. The van der Waals surface area contributed by atoms with Gasteiger partial charge in [-0.15, -0.1) is 0 Å². The van der Waals surface area contributed by atoms with Crippen molar-refractivity contribution in [2.24, 2.45) is 0 Å². The van der Waals surface area contributed by atoms with E-state index in [9.17, 15) is 14.7 Å². The van der Waals surface area contributed by atoms with Gasteiger partial charge < -0.3 is 19.3 Å². The summed E-state index contributed by atoms with van der Waals surface area (Å²) in [6.45, 7) is 1.70. The molecule has 3 rings (SSSR count). The largest absolute Gasteiger partial charge is 0.456 e. The number of esters is 2. The zero-order chi connectivity index (χ0) is 18.5. The molecule has 0 radical (unpaired) electrons. The van der Waals surface area contributed by atoms with E-state index in [0.29, 0.717) is 11.1 Å². The second-order valence-electron chi connectivity index (χ2n) is 6.09. The SMILES string of the molecule is CC1OC(O)C(OC(=O)c2ccccc2)CC1OC(=O)c1ccccc1. The van der Waals surface area contributed by atoms with Gasteiger partial charge in [0, 0.05) is 6.42 Å². The molecule has 6 nitrogen and oxygen atoms in total. The number of carbonyl (C=O) groups is 2. The lowest BCUT2D eigenvalue weighted by molar-refractivity contribution is -0.240. The predicted octanol–water partition coefficient (Wildman–Crippen LogP) is 2.56. The molecule has 2 aromatic carbocycles. The summed E-state index contributed by atoms with van der Waals surface area (Å²) in [5, 5.41) is 10.1. The lowest BCUT2D eigenvalue weighted by Gasteiger charge is -2.36. The number of carbonyl (C=O) groups excluding carboxylic acids is 2. The highest BCUT2D eigenvalue weighted by Crippen LogP contribution is 2.25. The number of aliphatic hydroxyl groups is 1. The summed E-state index contributed by atoms with van der Waals surface area (Å²) in [5.41, 5.74) is 0.791. The molecular formula is C20H20O6. The smallest absolute Gasteiger partial charge is 0.338 e. The van der Waals surface area contributed by atoms with Crippen molar-refractivity contribution in [2.45, 2.75) is 37.9 Å². The monoisotopic (exact) mass is 356 g/mol. The van der Waals surface area contributed by atoms with Gasteiger partial charge in [-0.3, -0.25) is 0 Å². The van der Waals surface area contributed by atoms with E-state index in [0.717, 1.165) is 0 Å². The van der Waals surface area contributed by atoms with Crippen LogP contribution in [0.15, 0.2) is 60.7 Å². The highest BCUT2D eigenvalue weighted by molar-refractivity contribution is 5.90. The fourth-order valence-corrected chi connectivity index (χ4v) is 2.74. The molecule has 4 unspecified atom stereocenters. The summed E-state index contributed by atoms with van der Waals surface area (Å²) in [6, 6.07) is 17.1. The lowest BCUT2D eigenvalue weighted by atomic mass is 10.0. The van der Waals surface area contributed by atoms with E-state index in [1.54, 1.807) is 67.6 Å². The molecule has 1 saturated heterocycles. The molecule has 26 heavy (non-hydrogen) atoms. The van der Waals surface area contributed by atoms with Crippen LogP contribution in [0, 0.1) is 0 Å². The third-order valence-electron chi connectivity index (χ3n) is 4.20. The molecule has 1 aliphatic heterocycles. The van der Waals surface area contributed by atoms with E-state index in [1.165, 1.54) is 0 Å². The number of aliphatic hydroxyl groups excluding tert-OH is 1. The van der Waals surface area contributed by atoms with Gasteiger partial charge in [-0.2, -0.15) is 0 Å². The first-order valence-corrected chi connectivity index (χ1v) is 8.40. The van der Waals surface area contributed by atoms with Crippen molar-refractivity contribution in [3.05, 3.63) is 71.8 Å². The van der Waals surface area contributed by atoms with Crippen LogP contribution in [0.2, 0.25) is 0 Å². The van der Waals surface area contributed by atoms with E-state index in [1.807, 2.05) is 0 Å². The van der Waals surface area contributed by atoms with Gasteiger partial charge in [0.05, 0.1) is 17.2 Å². The molecule has 0 aromatic heterocycles. The van der Waals surface area contributed by atoms with Crippen molar-refractivity contribution in [3.63, 3.8) is 0 Å². The molecule has 1 aliphatic rings. The first-order chi connectivity index (χ1) is 12.5. The molecule has 4 atom stereocenters. The maximum atomic E-state index is 12.2. The minimum atomic E-state index is -1.27. The second-order valence-corrected chi connectivity index (χ2v) is 6.09. The average Bonchev–Trinajstić information content (AvgIpc) is 2.66. The molecule has 2 aromatic rings. The van der Waals surface area contributed by atoms with E-state index < -0.39 is 36.5 Å². The number of hydrogen-bond donors (Lipinski definition) is 1. The standard InChI is InChI=1S/C20H20O6/c1-13-16(25-18(21)14-8-4-2-5-9-14)12-17(20(23)24-13)26-19(22)15-10-6-3-7-11-15/h2-11,13,16-17,20,23H,12H2,1H3. The van der Waals surface area contributed by atoms with Crippen LogP contribution < -0.4 is 0 Å². The van der Waals surface area contributed by atoms with Gasteiger partial charge in [0.15, 0.2) is 12.4 Å². The van der Waals surface area contributed by atoms with E-state index in [2.05, 4.69) is 0 Å². The molecular weight excluding hydrogens is 336 g/mol. The van der Waals surface area contributed by atoms with Crippen molar-refractivity contribution in [3.8, 4) is 0 Å². The van der Waals surface area contributed by atoms with Crippen molar-refractivity contribution >= 4 is 11.9 Å². The molecule has 1 heterocycles. The molecule has 6 heteroatoms. The molecule has 0 bridgehead atoms. The van der Waals surface area contributed by atoms with Gasteiger partial charge in [0.1, 0.15) is 6.10 Å². The summed E-state index contributed by atoms with van der Waals surface area (Å²) in [5.74, 6) is -1.06. The molecule has 0 aliphatic carbocycles. The Morgan fingerprint density at radius 1 is 0.885 bits per heavy atom. The van der Waals surface area contributed by atoms with Gasteiger partial charge in [-0.05, 0) is 31.2 Å². The van der Waals surface area contributed by atoms with Gasteiger partial charge in [-0.25, -0.2) is 9.59 Å². The Morgan fingerprint density at radius 3 is 1.85 bits per heavy atom. The highest BCUT2D eigenvalue weighted by Gasteiger charge is 2.39.